The van der Waals surface area contributed by atoms with E-state index in [0.29, 0.717) is 6.42 Å². The highest BCUT2D eigenvalue weighted by Gasteiger charge is 2.24. The number of nitrogens with zero attached hydrogens (tertiary/aromatic N) is 3. The monoisotopic (exact) mass is 669 g/mol. The third kappa shape index (κ3) is 5.32. The highest BCUT2D eigenvalue weighted by molar-refractivity contribution is 7.25. The molecule has 3 heterocycles. The molecule has 1 atom stereocenters. The summed E-state index contributed by atoms with van der Waals surface area (Å²) >= 11 is 1.85. The lowest BCUT2D eigenvalue weighted by atomic mass is 9.88. The van der Waals surface area contributed by atoms with E-state index in [1.165, 1.54) is 52.8 Å². The highest BCUT2D eigenvalue weighted by Crippen LogP contribution is 2.40. The van der Waals surface area contributed by atoms with E-state index in [-0.39, 0.29) is 6.04 Å². The van der Waals surface area contributed by atoms with E-state index in [1.54, 1.807) is 0 Å². The minimum absolute atomic E-state index is 0.0808. The molecule has 7 aromatic carbocycles. The van der Waals surface area contributed by atoms with E-state index < -0.39 is 0 Å². The standard InChI is InChI=1S/C47H31N3S/c1-2-11-30(12-3-1)47-49-43(32-20-21-46-42(27-32)40-18-8-9-19-45(40)51-46)28-44(50-47)36-24-34(33-14-10-22-48-29-33)23-35(25-36)41-26-31-13-4-5-15-37(31)38-16-6-7-17-39(38)41/h1-27,29,43H,28H2. The second-order valence-electron chi connectivity index (χ2n) is 13.2. The van der Waals surface area contributed by atoms with E-state index >= 15 is 0 Å². The van der Waals surface area contributed by atoms with Crippen molar-refractivity contribution in [3.05, 3.63) is 187 Å². The first-order valence-corrected chi connectivity index (χ1v) is 18.2. The molecule has 0 bridgehead atoms. The third-order valence-electron chi connectivity index (χ3n) is 10.1. The molecule has 1 unspecified atom stereocenters. The van der Waals surface area contributed by atoms with Gasteiger partial charge in [-0.05, 0) is 97.9 Å². The van der Waals surface area contributed by atoms with E-state index in [2.05, 4.69) is 151 Å². The molecule has 1 aliphatic rings. The summed E-state index contributed by atoms with van der Waals surface area (Å²) in [6.45, 7) is 0. The number of aliphatic imine (C=N–C) groups is 2. The minimum atomic E-state index is -0.0808. The normalized spacial score (nSPS) is 14.6. The summed E-state index contributed by atoms with van der Waals surface area (Å²) in [5.74, 6) is 0.765. The summed E-state index contributed by atoms with van der Waals surface area (Å²) in [7, 11) is 0. The fourth-order valence-corrected chi connectivity index (χ4v) is 8.66. The van der Waals surface area contributed by atoms with Crippen LogP contribution in [0, 0.1) is 0 Å². The lowest BCUT2D eigenvalue weighted by Crippen LogP contribution is -2.17. The summed E-state index contributed by atoms with van der Waals surface area (Å²) in [5.41, 5.74) is 8.90. The van der Waals surface area contributed by atoms with Crippen LogP contribution in [-0.4, -0.2) is 16.5 Å². The van der Waals surface area contributed by atoms with Gasteiger partial charge in [0, 0.05) is 50.1 Å². The average molecular weight is 670 g/mol. The van der Waals surface area contributed by atoms with E-state index in [0.717, 1.165) is 39.4 Å². The SMILES string of the molecule is c1ccc(C2=NC(c3ccc4sc5ccccc5c4c3)CC(c3cc(-c4cccnc4)cc(-c4cc5ccccc5c5ccccc45)c3)=N2)cc1. The number of amidine groups is 1. The molecule has 2 aromatic heterocycles. The number of rotatable bonds is 5. The molecule has 0 fully saturated rings. The van der Waals surface area contributed by atoms with Crippen LogP contribution in [0.3, 0.4) is 0 Å². The molecule has 9 aromatic rings. The van der Waals surface area contributed by atoms with Gasteiger partial charge in [-0.15, -0.1) is 11.3 Å². The molecule has 4 heteroatoms. The Hall–Kier alpha value is -6.23. The van der Waals surface area contributed by atoms with Gasteiger partial charge in [-0.3, -0.25) is 9.98 Å². The van der Waals surface area contributed by atoms with Crippen LogP contribution in [0.15, 0.2) is 180 Å². The van der Waals surface area contributed by atoms with Crippen LogP contribution in [-0.2, 0) is 0 Å². The van der Waals surface area contributed by atoms with Crippen molar-refractivity contribution in [3.8, 4) is 22.3 Å². The van der Waals surface area contributed by atoms with Gasteiger partial charge >= 0.3 is 0 Å². The van der Waals surface area contributed by atoms with Gasteiger partial charge in [0.15, 0.2) is 5.84 Å². The van der Waals surface area contributed by atoms with Crippen molar-refractivity contribution < 1.29 is 0 Å². The van der Waals surface area contributed by atoms with Crippen molar-refractivity contribution in [1.82, 2.24) is 4.98 Å². The van der Waals surface area contributed by atoms with Gasteiger partial charge in [0.2, 0.25) is 0 Å². The first-order chi connectivity index (χ1) is 25.2. The second-order valence-corrected chi connectivity index (χ2v) is 14.3. The Balaban J connectivity index is 1.17. The third-order valence-corrected chi connectivity index (χ3v) is 11.2. The zero-order valence-corrected chi connectivity index (χ0v) is 28.5. The summed E-state index contributed by atoms with van der Waals surface area (Å²) in [6.07, 6.45) is 4.47. The Morgan fingerprint density at radius 3 is 2.06 bits per heavy atom. The second kappa shape index (κ2) is 12.3. The van der Waals surface area contributed by atoms with Gasteiger partial charge in [0.25, 0.3) is 0 Å². The molecular formula is C47H31N3S. The zero-order chi connectivity index (χ0) is 33.7. The van der Waals surface area contributed by atoms with Gasteiger partial charge in [0.1, 0.15) is 0 Å². The van der Waals surface area contributed by atoms with E-state index in [1.807, 2.05) is 35.9 Å². The maximum Gasteiger partial charge on any atom is 0.155 e. The number of pyridine rings is 1. The summed E-state index contributed by atoms with van der Waals surface area (Å²) in [4.78, 5) is 15.2. The molecule has 0 amide bonds. The molecule has 0 radical (unpaired) electrons. The Morgan fingerprint density at radius 1 is 0.490 bits per heavy atom. The fraction of sp³-hybridized carbons (Fsp3) is 0.0426. The molecule has 0 N–H and O–H groups in total. The Bertz CT molecular complexity index is 2830. The molecular weight excluding hydrogens is 639 g/mol. The molecule has 1 aliphatic heterocycles. The molecule has 240 valence electrons. The number of fused-ring (bicyclic) bond motifs is 6. The molecule has 3 nitrogen and oxygen atoms in total. The molecule has 0 aliphatic carbocycles. The first-order valence-electron chi connectivity index (χ1n) is 17.3. The zero-order valence-electron chi connectivity index (χ0n) is 27.7. The van der Waals surface area contributed by atoms with Gasteiger partial charge in [-0.25, -0.2) is 4.99 Å². The molecule has 0 saturated carbocycles. The van der Waals surface area contributed by atoms with Crippen LogP contribution < -0.4 is 0 Å². The lowest BCUT2D eigenvalue weighted by Gasteiger charge is -2.22. The van der Waals surface area contributed by atoms with Crippen molar-refractivity contribution in [1.29, 1.82) is 0 Å². The van der Waals surface area contributed by atoms with Crippen molar-refractivity contribution in [2.24, 2.45) is 9.98 Å². The molecule has 0 saturated heterocycles. The van der Waals surface area contributed by atoms with Crippen molar-refractivity contribution in [2.45, 2.75) is 12.5 Å². The average Bonchev–Trinajstić information content (AvgIpc) is 3.59. The Morgan fingerprint density at radius 2 is 1.20 bits per heavy atom. The van der Waals surface area contributed by atoms with E-state index in [9.17, 15) is 0 Å². The lowest BCUT2D eigenvalue weighted by molar-refractivity contribution is 0.755. The maximum atomic E-state index is 5.34. The predicted molar refractivity (Wildman–Crippen MR) is 216 cm³/mol. The number of hydrogen-bond acceptors (Lipinski definition) is 4. The predicted octanol–water partition coefficient (Wildman–Crippen LogP) is 12.5. The highest BCUT2D eigenvalue weighted by atomic mass is 32.1. The van der Waals surface area contributed by atoms with Crippen LogP contribution in [0.4, 0.5) is 0 Å². The van der Waals surface area contributed by atoms with Crippen molar-refractivity contribution >= 4 is 64.6 Å². The maximum absolute atomic E-state index is 5.34. The van der Waals surface area contributed by atoms with Gasteiger partial charge in [-0.2, -0.15) is 0 Å². The molecule has 0 spiro atoms. The van der Waals surface area contributed by atoms with Crippen molar-refractivity contribution in [3.63, 3.8) is 0 Å². The smallest absolute Gasteiger partial charge is 0.155 e. The summed E-state index contributed by atoms with van der Waals surface area (Å²) in [6, 6.07) is 56.7. The van der Waals surface area contributed by atoms with Gasteiger partial charge in [-0.1, -0.05) is 109 Å². The van der Waals surface area contributed by atoms with Crippen LogP contribution in [0.1, 0.15) is 29.2 Å². The number of aromatic nitrogens is 1. The molecule has 10 rings (SSSR count). The van der Waals surface area contributed by atoms with Gasteiger partial charge in [0.05, 0.1) is 11.8 Å². The van der Waals surface area contributed by atoms with Crippen LogP contribution in [0.5, 0.6) is 0 Å². The minimum Gasteiger partial charge on any atom is -0.264 e. The van der Waals surface area contributed by atoms with Crippen molar-refractivity contribution in [2.75, 3.05) is 0 Å². The topological polar surface area (TPSA) is 37.6 Å². The van der Waals surface area contributed by atoms with Crippen LogP contribution in [0.2, 0.25) is 0 Å². The van der Waals surface area contributed by atoms with Crippen LogP contribution in [0.25, 0.3) is 64.0 Å². The summed E-state index contributed by atoms with van der Waals surface area (Å²) in [5, 5.41) is 7.56. The largest absolute Gasteiger partial charge is 0.264 e. The van der Waals surface area contributed by atoms with Crippen LogP contribution >= 0.6 is 11.3 Å². The fourth-order valence-electron chi connectivity index (χ4n) is 7.57. The number of hydrogen-bond donors (Lipinski definition) is 0. The Kier molecular flexibility index (Phi) is 7.14. The Labute approximate surface area is 299 Å². The van der Waals surface area contributed by atoms with Gasteiger partial charge < -0.3 is 0 Å². The van der Waals surface area contributed by atoms with E-state index in [4.69, 9.17) is 9.98 Å². The molecule has 51 heavy (non-hydrogen) atoms. The summed E-state index contributed by atoms with van der Waals surface area (Å²) < 4.78 is 2.61. The number of benzene rings is 7. The first kappa shape index (κ1) is 29.7. The quantitative estimate of drug-likeness (QED) is 0.168. The number of thiophene rings is 1.